The summed E-state index contributed by atoms with van der Waals surface area (Å²) in [5, 5.41) is 0. The molecule has 0 saturated carbocycles. The Hall–Kier alpha value is -1.38. The first-order valence-corrected chi connectivity index (χ1v) is 4.76. The van der Waals surface area contributed by atoms with Crippen molar-refractivity contribution in [1.29, 1.82) is 0 Å². The molecular formula is C11H15NO2. The number of hydrogen-bond donors (Lipinski definition) is 0. The molecule has 0 aliphatic carbocycles. The highest BCUT2D eigenvalue weighted by molar-refractivity contribution is 6.00. The summed E-state index contributed by atoms with van der Waals surface area (Å²) in [5.74, 6) is -0.158. The largest absolute Gasteiger partial charge is 0.282 e. The Bertz CT molecular complexity index is 262. The minimum atomic E-state index is -0.0878. The van der Waals surface area contributed by atoms with Crippen LogP contribution in [0.5, 0.6) is 0 Å². The van der Waals surface area contributed by atoms with Gasteiger partial charge in [0, 0.05) is 13.0 Å². The van der Waals surface area contributed by atoms with Gasteiger partial charge in [-0.1, -0.05) is 12.2 Å². The molecule has 1 unspecified atom stereocenters. The predicted octanol–water partition coefficient (Wildman–Crippen LogP) is 1.51. The summed E-state index contributed by atoms with van der Waals surface area (Å²) in [4.78, 5) is 24.1. The van der Waals surface area contributed by atoms with Crippen LogP contribution in [0.3, 0.4) is 0 Å². The number of amides is 2. The van der Waals surface area contributed by atoms with Gasteiger partial charge in [0.2, 0.25) is 11.8 Å². The minimum Gasteiger partial charge on any atom is -0.282 e. The van der Waals surface area contributed by atoms with Crippen LogP contribution in [0.25, 0.3) is 0 Å². The van der Waals surface area contributed by atoms with Crippen molar-refractivity contribution in [3.05, 3.63) is 25.3 Å². The lowest BCUT2D eigenvalue weighted by Gasteiger charge is -2.36. The standard InChI is InChI=1S/C11H15NO2/c1-3-5-7-10(13)12-8-9(6-4-2)11(12)14/h3-4,9H,1-2,5-8H2. The summed E-state index contributed by atoms with van der Waals surface area (Å²) in [5.41, 5.74) is 0. The van der Waals surface area contributed by atoms with E-state index < -0.39 is 0 Å². The van der Waals surface area contributed by atoms with E-state index in [4.69, 9.17) is 0 Å². The fraction of sp³-hybridized carbons (Fsp3) is 0.455. The van der Waals surface area contributed by atoms with E-state index in [9.17, 15) is 9.59 Å². The van der Waals surface area contributed by atoms with Gasteiger partial charge in [0.1, 0.15) is 0 Å². The number of nitrogens with zero attached hydrogens (tertiary/aromatic N) is 1. The number of β-lactam (4-membered cyclic amide) rings is 1. The molecule has 0 spiro atoms. The van der Waals surface area contributed by atoms with Crippen LogP contribution in [0.2, 0.25) is 0 Å². The third-order valence-corrected chi connectivity index (χ3v) is 2.33. The zero-order valence-electron chi connectivity index (χ0n) is 8.24. The van der Waals surface area contributed by atoms with Gasteiger partial charge in [-0.15, -0.1) is 13.2 Å². The van der Waals surface area contributed by atoms with Gasteiger partial charge in [-0.25, -0.2) is 0 Å². The third-order valence-electron chi connectivity index (χ3n) is 2.33. The number of imide groups is 1. The second kappa shape index (κ2) is 4.74. The molecule has 3 nitrogen and oxygen atoms in total. The molecule has 1 fully saturated rings. The Morgan fingerprint density at radius 3 is 2.71 bits per heavy atom. The van der Waals surface area contributed by atoms with E-state index in [-0.39, 0.29) is 17.7 Å². The van der Waals surface area contributed by atoms with Gasteiger partial charge in [0.05, 0.1) is 5.92 Å². The van der Waals surface area contributed by atoms with Crippen molar-refractivity contribution in [2.24, 2.45) is 5.92 Å². The zero-order chi connectivity index (χ0) is 10.6. The summed E-state index contributed by atoms with van der Waals surface area (Å²) in [7, 11) is 0. The van der Waals surface area contributed by atoms with Crippen LogP contribution in [0.15, 0.2) is 25.3 Å². The van der Waals surface area contributed by atoms with Crippen molar-refractivity contribution in [3.8, 4) is 0 Å². The van der Waals surface area contributed by atoms with Gasteiger partial charge in [-0.05, 0) is 12.8 Å². The highest BCUT2D eigenvalue weighted by Gasteiger charge is 2.38. The molecule has 14 heavy (non-hydrogen) atoms. The smallest absolute Gasteiger partial charge is 0.234 e. The van der Waals surface area contributed by atoms with Gasteiger partial charge in [-0.2, -0.15) is 0 Å². The number of allylic oxidation sites excluding steroid dienone is 2. The molecule has 0 aromatic heterocycles. The highest BCUT2D eigenvalue weighted by Crippen LogP contribution is 2.22. The predicted molar refractivity (Wildman–Crippen MR) is 54.5 cm³/mol. The molecule has 0 radical (unpaired) electrons. The van der Waals surface area contributed by atoms with Crippen molar-refractivity contribution in [2.45, 2.75) is 19.3 Å². The lowest BCUT2D eigenvalue weighted by atomic mass is 9.94. The Labute approximate surface area is 84.1 Å². The normalized spacial score (nSPS) is 20.1. The highest BCUT2D eigenvalue weighted by atomic mass is 16.2. The van der Waals surface area contributed by atoms with Crippen LogP contribution in [-0.4, -0.2) is 23.3 Å². The van der Waals surface area contributed by atoms with Crippen LogP contribution in [0.1, 0.15) is 19.3 Å². The van der Waals surface area contributed by atoms with Crippen molar-refractivity contribution >= 4 is 11.8 Å². The minimum absolute atomic E-state index is 0.0137. The maximum absolute atomic E-state index is 11.4. The summed E-state index contributed by atoms with van der Waals surface area (Å²) < 4.78 is 0. The second-order valence-corrected chi connectivity index (χ2v) is 3.39. The fourth-order valence-corrected chi connectivity index (χ4v) is 1.46. The van der Waals surface area contributed by atoms with Gasteiger partial charge in [-0.3, -0.25) is 14.5 Å². The number of carbonyl (C=O) groups is 2. The van der Waals surface area contributed by atoms with Gasteiger partial charge >= 0.3 is 0 Å². The monoisotopic (exact) mass is 193 g/mol. The first kappa shape index (κ1) is 10.7. The quantitative estimate of drug-likeness (QED) is 0.490. The van der Waals surface area contributed by atoms with Crippen LogP contribution < -0.4 is 0 Å². The van der Waals surface area contributed by atoms with Crippen molar-refractivity contribution in [1.82, 2.24) is 4.90 Å². The summed E-state index contributed by atoms with van der Waals surface area (Å²) in [6.45, 7) is 7.65. The van der Waals surface area contributed by atoms with E-state index in [1.807, 2.05) is 0 Å². The molecule has 2 amide bonds. The lowest BCUT2D eigenvalue weighted by Crippen LogP contribution is -2.54. The molecule has 1 aliphatic rings. The Balaban J connectivity index is 2.36. The van der Waals surface area contributed by atoms with Gasteiger partial charge < -0.3 is 0 Å². The van der Waals surface area contributed by atoms with Crippen LogP contribution >= 0.6 is 0 Å². The topological polar surface area (TPSA) is 37.4 Å². The molecular weight excluding hydrogens is 178 g/mol. The second-order valence-electron chi connectivity index (χ2n) is 3.39. The number of hydrogen-bond acceptors (Lipinski definition) is 2. The van der Waals surface area contributed by atoms with E-state index >= 15 is 0 Å². The summed E-state index contributed by atoms with van der Waals surface area (Å²) in [6, 6.07) is 0. The van der Waals surface area contributed by atoms with Crippen molar-refractivity contribution < 1.29 is 9.59 Å². The van der Waals surface area contributed by atoms with Gasteiger partial charge in [0.15, 0.2) is 0 Å². The molecule has 1 aliphatic heterocycles. The molecule has 0 N–H and O–H groups in total. The van der Waals surface area contributed by atoms with E-state index in [1.54, 1.807) is 12.2 Å². The third kappa shape index (κ3) is 2.10. The number of likely N-dealkylation sites (tertiary alicyclic amines) is 1. The average Bonchev–Trinajstić information content (AvgIpc) is 2.19. The number of rotatable bonds is 5. The Morgan fingerprint density at radius 2 is 2.21 bits per heavy atom. The molecule has 1 saturated heterocycles. The first-order chi connectivity index (χ1) is 6.70. The van der Waals surface area contributed by atoms with E-state index in [1.165, 1.54) is 4.90 Å². The van der Waals surface area contributed by atoms with Crippen LogP contribution in [0.4, 0.5) is 0 Å². The first-order valence-electron chi connectivity index (χ1n) is 4.76. The Kier molecular flexibility index (Phi) is 3.63. The summed E-state index contributed by atoms with van der Waals surface area (Å²) >= 11 is 0. The SMILES string of the molecule is C=CCCC(=O)N1CC(CC=C)C1=O. The van der Waals surface area contributed by atoms with Crippen LogP contribution in [0, 0.1) is 5.92 Å². The molecule has 76 valence electrons. The van der Waals surface area contributed by atoms with Crippen molar-refractivity contribution in [2.75, 3.05) is 6.54 Å². The lowest BCUT2D eigenvalue weighted by molar-refractivity contribution is -0.158. The number of carbonyl (C=O) groups excluding carboxylic acids is 2. The maximum atomic E-state index is 11.4. The maximum Gasteiger partial charge on any atom is 0.234 e. The molecule has 0 aromatic carbocycles. The van der Waals surface area contributed by atoms with E-state index in [0.717, 1.165) is 0 Å². The molecule has 0 bridgehead atoms. The fourth-order valence-electron chi connectivity index (χ4n) is 1.46. The molecule has 1 heterocycles. The Morgan fingerprint density at radius 1 is 1.50 bits per heavy atom. The molecule has 1 atom stereocenters. The summed E-state index contributed by atoms with van der Waals surface area (Å²) in [6.07, 6.45) is 5.09. The zero-order valence-corrected chi connectivity index (χ0v) is 8.24. The van der Waals surface area contributed by atoms with Crippen molar-refractivity contribution in [3.63, 3.8) is 0 Å². The average molecular weight is 193 g/mol. The molecule has 0 aromatic rings. The van der Waals surface area contributed by atoms with Gasteiger partial charge in [0.25, 0.3) is 0 Å². The van der Waals surface area contributed by atoms with E-state index in [2.05, 4.69) is 13.2 Å². The molecule has 1 rings (SSSR count). The molecule has 3 heteroatoms. The van der Waals surface area contributed by atoms with E-state index in [0.29, 0.717) is 25.8 Å². The van der Waals surface area contributed by atoms with Crippen LogP contribution in [-0.2, 0) is 9.59 Å².